The minimum Gasteiger partial charge on any atom is -0.492 e. The van der Waals surface area contributed by atoms with E-state index in [0.29, 0.717) is 18.9 Å². The van der Waals surface area contributed by atoms with Crippen LogP contribution in [-0.4, -0.2) is 24.2 Å². The van der Waals surface area contributed by atoms with E-state index in [1.165, 1.54) is 11.3 Å². The molecule has 1 rings (SSSR count). The summed E-state index contributed by atoms with van der Waals surface area (Å²) in [5.41, 5.74) is 5.33. The SMILES string of the molecule is CCc1cc(OCCCN)c(C(=O)O)s1. The Bertz CT molecular complexity index is 335. The highest BCUT2D eigenvalue weighted by Crippen LogP contribution is 2.29. The molecule has 3 N–H and O–H groups in total. The van der Waals surface area contributed by atoms with Crippen molar-refractivity contribution in [1.82, 2.24) is 0 Å². The highest BCUT2D eigenvalue weighted by atomic mass is 32.1. The molecule has 0 amide bonds. The van der Waals surface area contributed by atoms with E-state index in [-0.39, 0.29) is 4.88 Å². The molecule has 0 bridgehead atoms. The predicted molar refractivity (Wildman–Crippen MR) is 59.8 cm³/mol. The molecule has 0 saturated carbocycles. The summed E-state index contributed by atoms with van der Waals surface area (Å²) in [6, 6.07) is 1.80. The van der Waals surface area contributed by atoms with Crippen LogP contribution in [0.3, 0.4) is 0 Å². The number of rotatable bonds is 6. The number of nitrogens with two attached hydrogens (primary N) is 1. The molecule has 0 aromatic carbocycles. The van der Waals surface area contributed by atoms with Crippen molar-refractivity contribution in [2.75, 3.05) is 13.2 Å². The fourth-order valence-corrected chi connectivity index (χ4v) is 2.00. The molecule has 15 heavy (non-hydrogen) atoms. The molecule has 0 aliphatic rings. The first-order valence-corrected chi connectivity index (χ1v) is 5.69. The van der Waals surface area contributed by atoms with Gasteiger partial charge in [0.25, 0.3) is 0 Å². The summed E-state index contributed by atoms with van der Waals surface area (Å²) in [5.74, 6) is -0.458. The first-order chi connectivity index (χ1) is 7.19. The van der Waals surface area contributed by atoms with Gasteiger partial charge in [-0.1, -0.05) is 6.92 Å². The van der Waals surface area contributed by atoms with Gasteiger partial charge in [-0.25, -0.2) is 4.79 Å². The van der Waals surface area contributed by atoms with Crippen LogP contribution in [0.25, 0.3) is 0 Å². The van der Waals surface area contributed by atoms with Gasteiger partial charge in [0.15, 0.2) is 4.88 Å². The maximum absolute atomic E-state index is 10.9. The minimum absolute atomic E-state index is 0.281. The zero-order chi connectivity index (χ0) is 11.3. The number of hydrogen-bond donors (Lipinski definition) is 2. The van der Waals surface area contributed by atoms with E-state index in [2.05, 4.69) is 0 Å². The predicted octanol–water partition coefficient (Wildman–Crippen LogP) is 1.74. The van der Waals surface area contributed by atoms with E-state index < -0.39 is 5.97 Å². The Balaban J connectivity index is 2.75. The fraction of sp³-hybridized carbons (Fsp3) is 0.500. The quantitative estimate of drug-likeness (QED) is 0.729. The Morgan fingerprint density at radius 1 is 1.67 bits per heavy atom. The molecule has 1 aromatic heterocycles. The van der Waals surface area contributed by atoms with Crippen LogP contribution in [0.4, 0.5) is 0 Å². The Morgan fingerprint density at radius 2 is 2.40 bits per heavy atom. The molecule has 1 aromatic rings. The molecule has 0 saturated heterocycles. The molecule has 1 heterocycles. The van der Waals surface area contributed by atoms with E-state index in [1.807, 2.05) is 6.92 Å². The van der Waals surface area contributed by atoms with E-state index in [0.717, 1.165) is 17.7 Å². The summed E-state index contributed by atoms with van der Waals surface area (Å²) in [4.78, 5) is 12.2. The third kappa shape index (κ3) is 3.21. The largest absolute Gasteiger partial charge is 0.492 e. The van der Waals surface area contributed by atoms with Crippen molar-refractivity contribution in [2.24, 2.45) is 5.73 Å². The monoisotopic (exact) mass is 229 g/mol. The number of hydrogen-bond acceptors (Lipinski definition) is 4. The number of carboxylic acid groups (broad SMARTS) is 1. The van der Waals surface area contributed by atoms with Crippen LogP contribution in [0.5, 0.6) is 5.75 Å². The van der Waals surface area contributed by atoms with E-state index in [1.54, 1.807) is 6.07 Å². The van der Waals surface area contributed by atoms with E-state index in [9.17, 15) is 4.79 Å². The van der Waals surface area contributed by atoms with E-state index >= 15 is 0 Å². The van der Waals surface area contributed by atoms with Crippen LogP contribution in [0.2, 0.25) is 0 Å². The third-order valence-electron chi connectivity index (χ3n) is 1.90. The molecule has 0 unspecified atom stereocenters. The molecular formula is C10H15NO3S. The second kappa shape index (κ2) is 5.72. The average molecular weight is 229 g/mol. The third-order valence-corrected chi connectivity index (χ3v) is 3.15. The lowest BCUT2D eigenvalue weighted by molar-refractivity contribution is 0.0698. The standard InChI is InChI=1S/C10H15NO3S/c1-2-7-6-8(14-5-3-4-11)9(15-7)10(12)13/h6H,2-5,11H2,1H3,(H,12,13). The van der Waals surface area contributed by atoms with Crippen molar-refractivity contribution in [1.29, 1.82) is 0 Å². The first kappa shape index (κ1) is 12.0. The lowest BCUT2D eigenvalue weighted by atomic mass is 10.3. The van der Waals surface area contributed by atoms with Gasteiger partial charge in [-0.3, -0.25) is 0 Å². The molecule has 0 fully saturated rings. The van der Waals surface area contributed by atoms with Crippen LogP contribution in [0, 0.1) is 0 Å². The van der Waals surface area contributed by atoms with Gasteiger partial charge < -0.3 is 15.6 Å². The summed E-state index contributed by atoms with van der Waals surface area (Å²) in [5, 5.41) is 8.94. The van der Waals surface area contributed by atoms with Gasteiger partial charge in [-0.2, -0.15) is 0 Å². The van der Waals surface area contributed by atoms with Crippen molar-refractivity contribution < 1.29 is 14.6 Å². The molecule has 4 nitrogen and oxygen atoms in total. The average Bonchev–Trinajstić information content (AvgIpc) is 2.62. The lowest BCUT2D eigenvalue weighted by Gasteiger charge is -2.03. The maximum Gasteiger partial charge on any atom is 0.349 e. The first-order valence-electron chi connectivity index (χ1n) is 4.88. The van der Waals surface area contributed by atoms with Crippen molar-refractivity contribution in [3.63, 3.8) is 0 Å². The summed E-state index contributed by atoms with van der Waals surface area (Å²) >= 11 is 1.27. The smallest absolute Gasteiger partial charge is 0.349 e. The molecule has 0 aliphatic heterocycles. The molecule has 5 heteroatoms. The Morgan fingerprint density at radius 3 is 2.93 bits per heavy atom. The van der Waals surface area contributed by atoms with Gasteiger partial charge in [0, 0.05) is 4.88 Å². The zero-order valence-corrected chi connectivity index (χ0v) is 9.47. The number of aromatic carboxylic acids is 1. The fourth-order valence-electron chi connectivity index (χ4n) is 1.12. The molecule has 0 radical (unpaired) electrons. The second-order valence-electron chi connectivity index (χ2n) is 3.06. The highest BCUT2D eigenvalue weighted by molar-refractivity contribution is 7.14. The van der Waals surface area contributed by atoms with Crippen LogP contribution in [-0.2, 0) is 6.42 Å². The Labute approximate surface area is 92.7 Å². The van der Waals surface area contributed by atoms with Gasteiger partial charge in [0.2, 0.25) is 0 Å². The van der Waals surface area contributed by atoms with Crippen LogP contribution >= 0.6 is 11.3 Å². The molecule has 0 atom stereocenters. The number of ether oxygens (including phenoxy) is 1. The van der Waals surface area contributed by atoms with Crippen molar-refractivity contribution in [3.05, 3.63) is 15.8 Å². The maximum atomic E-state index is 10.9. The van der Waals surface area contributed by atoms with Crippen LogP contribution in [0.15, 0.2) is 6.07 Å². The summed E-state index contributed by atoms with van der Waals surface area (Å²) < 4.78 is 5.37. The zero-order valence-electron chi connectivity index (χ0n) is 8.66. The molecule has 84 valence electrons. The molecular weight excluding hydrogens is 214 g/mol. The van der Waals surface area contributed by atoms with E-state index in [4.69, 9.17) is 15.6 Å². The molecule has 0 spiro atoms. The van der Waals surface area contributed by atoms with Crippen LogP contribution in [0.1, 0.15) is 27.9 Å². The van der Waals surface area contributed by atoms with Crippen molar-refractivity contribution in [2.45, 2.75) is 19.8 Å². The Hall–Kier alpha value is -1.07. The summed E-state index contributed by atoms with van der Waals surface area (Å²) in [7, 11) is 0. The topological polar surface area (TPSA) is 72.5 Å². The lowest BCUT2D eigenvalue weighted by Crippen LogP contribution is -2.07. The number of thiophene rings is 1. The van der Waals surface area contributed by atoms with Gasteiger partial charge in [-0.05, 0) is 25.5 Å². The minimum atomic E-state index is -0.928. The highest BCUT2D eigenvalue weighted by Gasteiger charge is 2.15. The molecule has 0 aliphatic carbocycles. The normalized spacial score (nSPS) is 10.3. The van der Waals surface area contributed by atoms with Gasteiger partial charge in [-0.15, -0.1) is 11.3 Å². The second-order valence-corrected chi connectivity index (χ2v) is 4.19. The van der Waals surface area contributed by atoms with Crippen LogP contribution < -0.4 is 10.5 Å². The van der Waals surface area contributed by atoms with Gasteiger partial charge >= 0.3 is 5.97 Å². The van der Waals surface area contributed by atoms with Crippen molar-refractivity contribution >= 4 is 17.3 Å². The Kier molecular flexibility index (Phi) is 4.58. The number of carboxylic acids is 1. The van der Waals surface area contributed by atoms with Gasteiger partial charge in [0.05, 0.1) is 6.61 Å². The van der Waals surface area contributed by atoms with Gasteiger partial charge in [0.1, 0.15) is 5.75 Å². The number of carbonyl (C=O) groups is 1. The van der Waals surface area contributed by atoms with Crippen molar-refractivity contribution in [3.8, 4) is 5.75 Å². The summed E-state index contributed by atoms with van der Waals surface area (Å²) in [6.07, 6.45) is 1.56. The number of aryl methyl sites for hydroxylation is 1. The summed E-state index contributed by atoms with van der Waals surface area (Å²) in [6.45, 7) is 3.00.